The molecule has 1 rings (SSSR count). The largest absolute Gasteiger partial charge is 0.469 e. The number of esters is 1. The summed E-state index contributed by atoms with van der Waals surface area (Å²) in [5.41, 5.74) is 0.999. The zero-order chi connectivity index (χ0) is 13.4. The Balaban J connectivity index is 2.59. The van der Waals surface area contributed by atoms with Gasteiger partial charge in [-0.05, 0) is 11.6 Å². The van der Waals surface area contributed by atoms with Crippen molar-refractivity contribution in [1.29, 1.82) is 0 Å². The number of Topliss-reactive ketones (excluding diaryl/α,β-unsaturated/α-hetero) is 1. The minimum absolute atomic E-state index is 0.00702. The second kappa shape index (κ2) is 7.45. The maximum absolute atomic E-state index is 11.4. The van der Waals surface area contributed by atoms with Gasteiger partial charge in [0.25, 0.3) is 0 Å². The lowest BCUT2D eigenvalue weighted by Crippen LogP contribution is -2.08. The molecule has 4 heteroatoms. The Bertz CT molecular complexity index is 475. The molecule has 0 saturated heterocycles. The number of hydrogen-bond acceptors (Lipinski definition) is 3. The molecule has 0 N–H and O–H groups in total. The van der Waals surface area contributed by atoms with E-state index in [1.807, 2.05) is 36.4 Å². The molecule has 0 amide bonds. The summed E-state index contributed by atoms with van der Waals surface area (Å²) in [6.45, 7) is 0. The molecule has 1 aromatic rings. The van der Waals surface area contributed by atoms with Crippen molar-refractivity contribution in [1.82, 2.24) is 0 Å². The molecular weight excluding hydrogens is 252 g/mol. The van der Waals surface area contributed by atoms with Gasteiger partial charge in [0.05, 0.1) is 12.1 Å². The predicted molar refractivity (Wildman–Crippen MR) is 71.1 cm³/mol. The Morgan fingerprint density at radius 1 is 1.28 bits per heavy atom. The van der Waals surface area contributed by atoms with Crippen molar-refractivity contribution in [2.24, 2.45) is 0 Å². The number of ether oxygens (including phenoxy) is 1. The molecule has 0 aromatic heterocycles. The number of hydrogen-bond donors (Lipinski definition) is 0. The molecule has 0 unspecified atom stereocenters. The van der Waals surface area contributed by atoms with E-state index in [1.165, 1.54) is 13.2 Å². The third kappa shape index (κ3) is 4.97. The third-order valence-electron chi connectivity index (χ3n) is 2.13. The van der Waals surface area contributed by atoms with Gasteiger partial charge in [-0.25, -0.2) is 0 Å². The molecule has 94 valence electrons. The monoisotopic (exact) mass is 264 g/mol. The number of rotatable bonds is 5. The number of ketones is 1. The number of methoxy groups -OCH3 is 1. The van der Waals surface area contributed by atoms with Crippen LogP contribution in [0, 0.1) is 0 Å². The van der Waals surface area contributed by atoms with Gasteiger partial charge in [0.2, 0.25) is 0 Å². The Kier molecular flexibility index (Phi) is 5.88. The smallest absolute Gasteiger partial charge is 0.313 e. The van der Waals surface area contributed by atoms with E-state index in [0.717, 1.165) is 5.56 Å². The molecule has 0 bridgehead atoms. The highest BCUT2D eigenvalue weighted by Crippen LogP contribution is 2.08. The van der Waals surface area contributed by atoms with Crippen LogP contribution in [0.4, 0.5) is 0 Å². The summed E-state index contributed by atoms with van der Waals surface area (Å²) in [6.07, 6.45) is 4.59. The Labute approximate surface area is 111 Å². The van der Waals surface area contributed by atoms with Gasteiger partial charge < -0.3 is 4.74 Å². The van der Waals surface area contributed by atoms with Gasteiger partial charge >= 0.3 is 5.97 Å². The van der Waals surface area contributed by atoms with Crippen molar-refractivity contribution < 1.29 is 14.3 Å². The number of benzene rings is 1. The topological polar surface area (TPSA) is 43.4 Å². The minimum Gasteiger partial charge on any atom is -0.469 e. The number of halogens is 1. The van der Waals surface area contributed by atoms with Crippen LogP contribution in [0.1, 0.15) is 12.0 Å². The molecule has 0 saturated carbocycles. The van der Waals surface area contributed by atoms with Crippen LogP contribution in [0.2, 0.25) is 0 Å². The average Bonchev–Trinajstić information content (AvgIpc) is 2.39. The number of carbonyl (C=O) groups excluding carboxylic acids is 2. The van der Waals surface area contributed by atoms with Gasteiger partial charge in [-0.15, -0.1) is 0 Å². The predicted octanol–water partition coefficient (Wildman–Crippen LogP) is 2.95. The first-order valence-electron chi connectivity index (χ1n) is 5.32. The van der Waals surface area contributed by atoms with Gasteiger partial charge in [-0.2, -0.15) is 0 Å². The molecule has 1 aromatic carbocycles. The van der Waals surface area contributed by atoms with Gasteiger partial charge in [-0.3, -0.25) is 9.59 Å². The first kappa shape index (κ1) is 14.2. The quantitative estimate of drug-likeness (QED) is 0.355. The van der Waals surface area contributed by atoms with Crippen molar-refractivity contribution in [2.75, 3.05) is 7.11 Å². The van der Waals surface area contributed by atoms with Crippen LogP contribution in [-0.2, 0) is 14.3 Å². The van der Waals surface area contributed by atoms with Crippen LogP contribution < -0.4 is 0 Å². The van der Waals surface area contributed by atoms with Crippen LogP contribution in [0.5, 0.6) is 0 Å². The Hall–Kier alpha value is -1.87. The van der Waals surface area contributed by atoms with Crippen molar-refractivity contribution >= 4 is 29.4 Å². The van der Waals surface area contributed by atoms with Crippen LogP contribution in [0.15, 0.2) is 47.5 Å². The standard InChI is InChI=1S/C14H13ClO3/c1-18-14(17)10-13(16)12(15)9-5-8-11-6-3-2-4-7-11/h2-9H,10H2,1H3/b8-5+,12-9-. The summed E-state index contributed by atoms with van der Waals surface area (Å²) >= 11 is 5.75. The fourth-order valence-electron chi connectivity index (χ4n) is 1.19. The van der Waals surface area contributed by atoms with Gasteiger partial charge in [0, 0.05) is 0 Å². The number of allylic oxidation sites excluding steroid dienone is 3. The average molecular weight is 265 g/mol. The van der Waals surface area contributed by atoms with Crippen molar-refractivity contribution in [3.8, 4) is 0 Å². The van der Waals surface area contributed by atoms with Crippen molar-refractivity contribution in [2.45, 2.75) is 6.42 Å². The maximum Gasteiger partial charge on any atom is 0.313 e. The maximum atomic E-state index is 11.4. The highest BCUT2D eigenvalue weighted by Gasteiger charge is 2.11. The lowest BCUT2D eigenvalue weighted by Gasteiger charge is -1.96. The van der Waals surface area contributed by atoms with E-state index >= 15 is 0 Å². The molecule has 0 aliphatic heterocycles. The SMILES string of the molecule is COC(=O)CC(=O)/C(Cl)=C/C=C/c1ccccc1. The summed E-state index contributed by atoms with van der Waals surface area (Å²) in [7, 11) is 1.22. The molecule has 0 aliphatic rings. The highest BCUT2D eigenvalue weighted by molar-refractivity contribution is 6.43. The second-order valence-corrected chi connectivity index (χ2v) is 3.87. The highest BCUT2D eigenvalue weighted by atomic mass is 35.5. The summed E-state index contributed by atoms with van der Waals surface area (Å²) in [5.74, 6) is -1.06. The normalized spacial score (nSPS) is 11.6. The minimum atomic E-state index is -0.599. The van der Waals surface area contributed by atoms with E-state index < -0.39 is 11.8 Å². The fourth-order valence-corrected chi connectivity index (χ4v) is 1.33. The molecule has 0 aliphatic carbocycles. The van der Waals surface area contributed by atoms with Crippen LogP contribution >= 0.6 is 11.6 Å². The van der Waals surface area contributed by atoms with Crippen LogP contribution in [0.3, 0.4) is 0 Å². The zero-order valence-corrected chi connectivity index (χ0v) is 10.7. The molecule has 0 radical (unpaired) electrons. The number of carbonyl (C=O) groups is 2. The molecule has 18 heavy (non-hydrogen) atoms. The van der Waals surface area contributed by atoms with E-state index in [2.05, 4.69) is 4.74 Å². The van der Waals surface area contributed by atoms with E-state index in [0.29, 0.717) is 0 Å². The van der Waals surface area contributed by atoms with Crippen molar-refractivity contribution in [3.63, 3.8) is 0 Å². The zero-order valence-electron chi connectivity index (χ0n) is 9.93. The summed E-state index contributed by atoms with van der Waals surface area (Å²) in [6, 6.07) is 9.59. The molecule has 0 atom stereocenters. The fraction of sp³-hybridized carbons (Fsp3) is 0.143. The Morgan fingerprint density at radius 2 is 1.94 bits per heavy atom. The first-order chi connectivity index (χ1) is 8.63. The van der Waals surface area contributed by atoms with Gasteiger partial charge in [0.1, 0.15) is 6.42 Å². The van der Waals surface area contributed by atoms with E-state index in [9.17, 15) is 9.59 Å². The van der Waals surface area contributed by atoms with E-state index in [1.54, 1.807) is 6.08 Å². The third-order valence-corrected chi connectivity index (χ3v) is 2.47. The van der Waals surface area contributed by atoms with Crippen molar-refractivity contribution in [3.05, 3.63) is 53.1 Å². The summed E-state index contributed by atoms with van der Waals surface area (Å²) < 4.78 is 4.38. The second-order valence-electron chi connectivity index (χ2n) is 3.46. The molecule has 0 spiro atoms. The lowest BCUT2D eigenvalue weighted by molar-refractivity contribution is -0.142. The van der Waals surface area contributed by atoms with Gasteiger partial charge in [0.15, 0.2) is 5.78 Å². The molecular formula is C14H13ClO3. The van der Waals surface area contributed by atoms with Gasteiger partial charge in [-0.1, -0.05) is 54.1 Å². The summed E-state index contributed by atoms with van der Waals surface area (Å²) in [5, 5.41) is 0.00702. The summed E-state index contributed by atoms with van der Waals surface area (Å²) in [4.78, 5) is 22.3. The van der Waals surface area contributed by atoms with Crippen LogP contribution in [-0.4, -0.2) is 18.9 Å². The lowest BCUT2D eigenvalue weighted by atomic mass is 10.2. The first-order valence-corrected chi connectivity index (χ1v) is 5.70. The van der Waals surface area contributed by atoms with E-state index in [4.69, 9.17) is 11.6 Å². The molecule has 3 nitrogen and oxygen atoms in total. The molecule has 0 heterocycles. The van der Waals surface area contributed by atoms with E-state index in [-0.39, 0.29) is 11.5 Å². The van der Waals surface area contributed by atoms with Crippen LogP contribution in [0.25, 0.3) is 6.08 Å². The Morgan fingerprint density at radius 3 is 2.56 bits per heavy atom. The molecule has 0 fully saturated rings.